The lowest BCUT2D eigenvalue weighted by Gasteiger charge is -2.12. The fourth-order valence-corrected chi connectivity index (χ4v) is 2.04. The van der Waals surface area contributed by atoms with Gasteiger partial charge >= 0.3 is 0 Å². The third-order valence-corrected chi connectivity index (χ3v) is 3.27. The fraction of sp³-hybridized carbons (Fsp3) is 0.211. The molecule has 0 radical (unpaired) electrons. The number of benzene rings is 2. The van der Waals surface area contributed by atoms with E-state index in [-0.39, 0.29) is 5.91 Å². The Morgan fingerprint density at radius 2 is 1.74 bits per heavy atom. The van der Waals surface area contributed by atoms with Gasteiger partial charge in [0.05, 0.1) is 6.61 Å². The average molecular weight is 310 g/mol. The first-order valence-corrected chi connectivity index (χ1v) is 7.58. The van der Waals surface area contributed by atoms with Crippen LogP contribution in [0.25, 0.3) is 6.08 Å². The van der Waals surface area contributed by atoms with Crippen molar-refractivity contribution in [3.63, 3.8) is 0 Å². The number of nitrogens with one attached hydrogen (secondary N) is 1. The van der Waals surface area contributed by atoms with Crippen LogP contribution < -0.4 is 15.0 Å². The second-order valence-corrected chi connectivity index (χ2v) is 5.27. The number of amides is 1. The molecule has 120 valence electrons. The van der Waals surface area contributed by atoms with Crippen molar-refractivity contribution < 1.29 is 9.53 Å². The molecule has 4 nitrogen and oxygen atoms in total. The Bertz CT molecular complexity index is 659. The molecule has 2 aromatic carbocycles. The molecule has 0 bridgehead atoms. The number of carbonyl (C=O) groups is 1. The highest BCUT2D eigenvalue weighted by molar-refractivity contribution is 6.02. The summed E-state index contributed by atoms with van der Waals surface area (Å²) in [5.74, 6) is 0.673. The van der Waals surface area contributed by atoms with Crippen LogP contribution in [0.1, 0.15) is 12.5 Å². The summed E-state index contributed by atoms with van der Waals surface area (Å²) in [5.41, 5.74) is 2.82. The van der Waals surface area contributed by atoms with E-state index in [4.69, 9.17) is 4.74 Å². The third-order valence-electron chi connectivity index (χ3n) is 3.27. The summed E-state index contributed by atoms with van der Waals surface area (Å²) < 4.78 is 5.39. The number of ether oxygens (including phenoxy) is 1. The maximum atomic E-state index is 11.9. The van der Waals surface area contributed by atoms with Crippen molar-refractivity contribution in [3.8, 4) is 5.75 Å². The van der Waals surface area contributed by atoms with Gasteiger partial charge in [0, 0.05) is 31.5 Å². The van der Waals surface area contributed by atoms with Crippen LogP contribution in [0, 0.1) is 0 Å². The minimum atomic E-state index is -0.156. The molecule has 0 fully saturated rings. The highest BCUT2D eigenvalue weighted by atomic mass is 16.5. The zero-order valence-corrected chi connectivity index (χ0v) is 13.7. The maximum absolute atomic E-state index is 11.9. The van der Waals surface area contributed by atoms with E-state index in [0.717, 1.165) is 22.7 Å². The lowest BCUT2D eigenvalue weighted by molar-refractivity contribution is -0.111. The Morgan fingerprint density at radius 3 is 2.30 bits per heavy atom. The molecule has 2 rings (SSSR count). The molecule has 0 aliphatic rings. The van der Waals surface area contributed by atoms with Crippen LogP contribution in [0.2, 0.25) is 0 Å². The van der Waals surface area contributed by atoms with Gasteiger partial charge in [0.25, 0.3) is 0 Å². The Morgan fingerprint density at radius 1 is 1.09 bits per heavy atom. The van der Waals surface area contributed by atoms with Crippen molar-refractivity contribution in [1.29, 1.82) is 0 Å². The van der Waals surface area contributed by atoms with Crippen molar-refractivity contribution in [1.82, 2.24) is 0 Å². The lowest BCUT2D eigenvalue weighted by atomic mass is 10.2. The molecule has 0 heterocycles. The average Bonchev–Trinajstić information content (AvgIpc) is 2.55. The van der Waals surface area contributed by atoms with Crippen LogP contribution in [0.3, 0.4) is 0 Å². The highest BCUT2D eigenvalue weighted by Crippen LogP contribution is 2.16. The van der Waals surface area contributed by atoms with Crippen LogP contribution in [0.5, 0.6) is 5.75 Å². The number of rotatable bonds is 6. The zero-order chi connectivity index (χ0) is 16.7. The summed E-state index contributed by atoms with van der Waals surface area (Å²) in [6.07, 6.45) is 3.30. The fourth-order valence-electron chi connectivity index (χ4n) is 2.04. The molecule has 0 saturated heterocycles. The van der Waals surface area contributed by atoms with E-state index in [1.165, 1.54) is 6.08 Å². The van der Waals surface area contributed by atoms with E-state index >= 15 is 0 Å². The molecule has 0 aliphatic heterocycles. The minimum absolute atomic E-state index is 0.156. The molecule has 2 aromatic rings. The predicted octanol–water partition coefficient (Wildman–Crippen LogP) is 3.80. The molecule has 0 aromatic heterocycles. The normalized spacial score (nSPS) is 10.6. The number of anilines is 2. The topological polar surface area (TPSA) is 41.6 Å². The smallest absolute Gasteiger partial charge is 0.248 e. The van der Waals surface area contributed by atoms with Gasteiger partial charge in [0.15, 0.2) is 0 Å². The van der Waals surface area contributed by atoms with Crippen molar-refractivity contribution in [3.05, 3.63) is 60.2 Å². The molecule has 0 unspecified atom stereocenters. The number of hydrogen-bond acceptors (Lipinski definition) is 3. The summed E-state index contributed by atoms with van der Waals surface area (Å²) >= 11 is 0. The molecule has 23 heavy (non-hydrogen) atoms. The molecule has 0 saturated carbocycles. The van der Waals surface area contributed by atoms with Gasteiger partial charge in [0.2, 0.25) is 5.91 Å². The molecule has 0 aliphatic carbocycles. The van der Waals surface area contributed by atoms with Gasteiger partial charge in [-0.2, -0.15) is 0 Å². The monoisotopic (exact) mass is 310 g/mol. The van der Waals surface area contributed by atoms with Crippen LogP contribution in [-0.4, -0.2) is 26.6 Å². The van der Waals surface area contributed by atoms with Crippen LogP contribution in [0.4, 0.5) is 11.4 Å². The van der Waals surface area contributed by atoms with Gasteiger partial charge in [-0.05, 0) is 55.0 Å². The van der Waals surface area contributed by atoms with Gasteiger partial charge in [-0.1, -0.05) is 12.1 Å². The van der Waals surface area contributed by atoms with E-state index in [9.17, 15) is 4.79 Å². The summed E-state index contributed by atoms with van der Waals surface area (Å²) in [4.78, 5) is 14.0. The van der Waals surface area contributed by atoms with Crippen molar-refractivity contribution >= 4 is 23.4 Å². The van der Waals surface area contributed by atoms with Gasteiger partial charge in [-0.15, -0.1) is 0 Å². The molecule has 4 heteroatoms. The summed E-state index contributed by atoms with van der Waals surface area (Å²) in [6.45, 7) is 2.59. The van der Waals surface area contributed by atoms with Crippen molar-refractivity contribution in [2.24, 2.45) is 0 Å². The highest BCUT2D eigenvalue weighted by Gasteiger charge is 1.99. The Labute approximate surface area is 137 Å². The van der Waals surface area contributed by atoms with Gasteiger partial charge in [0.1, 0.15) is 5.75 Å². The van der Waals surface area contributed by atoms with Crippen molar-refractivity contribution in [2.75, 3.05) is 30.9 Å². The Kier molecular flexibility index (Phi) is 5.80. The number of nitrogens with zero attached hydrogens (tertiary/aromatic N) is 1. The number of hydrogen-bond donors (Lipinski definition) is 1. The number of carbonyl (C=O) groups excluding carboxylic acids is 1. The molecule has 1 amide bonds. The quantitative estimate of drug-likeness (QED) is 0.825. The molecule has 1 N–H and O–H groups in total. The molecule has 0 spiro atoms. The second-order valence-electron chi connectivity index (χ2n) is 5.27. The SMILES string of the molecule is CCOc1ccc(C=CC(=O)Nc2ccc(N(C)C)cc2)cc1. The first kappa shape index (κ1) is 16.6. The van der Waals surface area contributed by atoms with Gasteiger partial charge in [-0.25, -0.2) is 0 Å². The summed E-state index contributed by atoms with van der Waals surface area (Å²) in [7, 11) is 3.96. The second kappa shape index (κ2) is 8.03. The molecular formula is C19H22N2O2. The van der Waals surface area contributed by atoms with E-state index in [1.54, 1.807) is 6.08 Å². The van der Waals surface area contributed by atoms with Crippen molar-refractivity contribution in [2.45, 2.75) is 6.92 Å². The van der Waals surface area contributed by atoms with E-state index < -0.39 is 0 Å². The largest absolute Gasteiger partial charge is 0.494 e. The van der Waals surface area contributed by atoms with E-state index in [2.05, 4.69) is 5.32 Å². The standard InChI is InChI=1S/C19H22N2O2/c1-4-23-18-12-5-15(6-13-18)7-14-19(22)20-16-8-10-17(11-9-16)21(2)3/h5-14H,4H2,1-3H3,(H,20,22). The zero-order valence-electron chi connectivity index (χ0n) is 13.7. The summed E-state index contributed by atoms with van der Waals surface area (Å²) in [6, 6.07) is 15.3. The lowest BCUT2D eigenvalue weighted by Crippen LogP contribution is -2.10. The van der Waals surface area contributed by atoms with E-state index in [1.807, 2.05) is 74.4 Å². The molecular weight excluding hydrogens is 288 g/mol. The minimum Gasteiger partial charge on any atom is -0.494 e. The Hall–Kier alpha value is -2.75. The van der Waals surface area contributed by atoms with E-state index in [0.29, 0.717) is 6.61 Å². The summed E-state index contributed by atoms with van der Waals surface area (Å²) in [5, 5.41) is 2.84. The predicted molar refractivity (Wildman–Crippen MR) is 96.0 cm³/mol. The molecule has 0 atom stereocenters. The van der Waals surface area contributed by atoms with Crippen LogP contribution in [0.15, 0.2) is 54.6 Å². The van der Waals surface area contributed by atoms with Crippen LogP contribution >= 0.6 is 0 Å². The third kappa shape index (κ3) is 5.18. The first-order chi connectivity index (χ1) is 11.1. The van der Waals surface area contributed by atoms with Gasteiger partial charge < -0.3 is 15.0 Å². The van der Waals surface area contributed by atoms with Gasteiger partial charge in [-0.3, -0.25) is 4.79 Å². The maximum Gasteiger partial charge on any atom is 0.248 e. The van der Waals surface area contributed by atoms with Crippen LogP contribution in [-0.2, 0) is 4.79 Å². The first-order valence-electron chi connectivity index (χ1n) is 7.58. The Balaban J connectivity index is 1.93.